The Morgan fingerprint density at radius 2 is 1.77 bits per heavy atom. The van der Waals surface area contributed by atoms with Crippen LogP contribution in [0.25, 0.3) is 0 Å². The number of hydrogen-bond donors (Lipinski definition) is 2. The molecule has 30 heavy (non-hydrogen) atoms. The van der Waals surface area contributed by atoms with Crippen molar-refractivity contribution in [3.05, 3.63) is 65.2 Å². The molecule has 2 N–H and O–H groups in total. The van der Waals surface area contributed by atoms with Gasteiger partial charge in [-0.25, -0.2) is 4.99 Å². The molecule has 0 aliphatic carbocycles. The predicted molar refractivity (Wildman–Crippen MR) is 117 cm³/mol. The van der Waals surface area contributed by atoms with E-state index >= 15 is 0 Å². The highest BCUT2D eigenvalue weighted by Crippen LogP contribution is 2.16. The lowest BCUT2D eigenvalue weighted by molar-refractivity contribution is -0.124. The largest absolute Gasteiger partial charge is 0.340 e. The lowest BCUT2D eigenvalue weighted by atomic mass is 10.2. The highest BCUT2D eigenvalue weighted by atomic mass is 35.5. The van der Waals surface area contributed by atoms with Gasteiger partial charge >= 0.3 is 0 Å². The molecule has 156 valence electrons. The first-order valence-corrected chi connectivity index (χ1v) is 10.4. The Labute approximate surface area is 180 Å². The fraction of sp³-hybridized carbons (Fsp3) is 0.318. The molecule has 2 heterocycles. The SMILES string of the molecule is O=C(C[C@H]1N=C(N2CCN(Cc3ccccc3)CC2)NC1=O)Nc1ccc(Cl)cc1. The van der Waals surface area contributed by atoms with Crippen molar-refractivity contribution in [2.24, 2.45) is 4.99 Å². The number of guanidine groups is 1. The van der Waals surface area contributed by atoms with Crippen molar-refractivity contribution in [2.45, 2.75) is 19.0 Å². The van der Waals surface area contributed by atoms with Crippen LogP contribution in [0.3, 0.4) is 0 Å². The first kappa shape index (κ1) is 20.4. The maximum absolute atomic E-state index is 12.3. The number of hydrogen-bond acceptors (Lipinski definition) is 5. The van der Waals surface area contributed by atoms with E-state index < -0.39 is 6.04 Å². The zero-order chi connectivity index (χ0) is 20.9. The number of nitrogens with zero attached hydrogens (tertiary/aromatic N) is 3. The Morgan fingerprint density at radius 3 is 2.47 bits per heavy atom. The molecule has 1 saturated heterocycles. The van der Waals surface area contributed by atoms with E-state index in [0.717, 1.165) is 32.7 Å². The summed E-state index contributed by atoms with van der Waals surface area (Å²) in [4.78, 5) is 33.5. The Hall–Kier alpha value is -2.90. The molecule has 2 aliphatic heterocycles. The van der Waals surface area contributed by atoms with Crippen molar-refractivity contribution in [2.75, 3.05) is 31.5 Å². The predicted octanol–water partition coefficient (Wildman–Crippen LogP) is 2.34. The summed E-state index contributed by atoms with van der Waals surface area (Å²) in [5, 5.41) is 6.21. The highest BCUT2D eigenvalue weighted by molar-refractivity contribution is 6.30. The molecule has 1 fully saturated rings. The van der Waals surface area contributed by atoms with Crippen LogP contribution >= 0.6 is 11.6 Å². The summed E-state index contributed by atoms with van der Waals surface area (Å²) in [5.41, 5.74) is 1.94. The average Bonchev–Trinajstić information content (AvgIpc) is 3.11. The van der Waals surface area contributed by atoms with Gasteiger partial charge in [-0.2, -0.15) is 0 Å². The molecule has 2 aromatic carbocycles. The number of piperazine rings is 1. The van der Waals surface area contributed by atoms with Gasteiger partial charge < -0.3 is 10.2 Å². The Balaban J connectivity index is 1.28. The van der Waals surface area contributed by atoms with E-state index in [2.05, 4.69) is 49.7 Å². The number of aliphatic imine (C=N–C) groups is 1. The van der Waals surface area contributed by atoms with Gasteiger partial charge in [0.05, 0.1) is 6.42 Å². The van der Waals surface area contributed by atoms with E-state index in [1.54, 1.807) is 24.3 Å². The Bertz CT molecular complexity index is 924. The second-order valence-electron chi connectivity index (χ2n) is 7.47. The molecule has 1 atom stereocenters. The zero-order valence-corrected chi connectivity index (χ0v) is 17.3. The minimum absolute atomic E-state index is 0.00588. The molecular formula is C22H24ClN5O2. The monoisotopic (exact) mass is 425 g/mol. The van der Waals surface area contributed by atoms with Gasteiger partial charge in [0, 0.05) is 43.4 Å². The Morgan fingerprint density at radius 1 is 1.07 bits per heavy atom. The number of halogens is 1. The summed E-state index contributed by atoms with van der Waals surface area (Å²) in [7, 11) is 0. The zero-order valence-electron chi connectivity index (χ0n) is 16.6. The van der Waals surface area contributed by atoms with Gasteiger partial charge in [-0.1, -0.05) is 41.9 Å². The number of rotatable bonds is 5. The van der Waals surface area contributed by atoms with Crippen molar-refractivity contribution in [3.63, 3.8) is 0 Å². The van der Waals surface area contributed by atoms with Crippen molar-refractivity contribution in [3.8, 4) is 0 Å². The van der Waals surface area contributed by atoms with Gasteiger partial charge in [-0.15, -0.1) is 0 Å². The molecule has 0 radical (unpaired) electrons. The van der Waals surface area contributed by atoms with E-state index in [0.29, 0.717) is 16.7 Å². The third-order valence-electron chi connectivity index (χ3n) is 5.24. The normalized spacial score (nSPS) is 19.4. The number of carbonyl (C=O) groups excluding carboxylic acids is 2. The van der Waals surface area contributed by atoms with Gasteiger partial charge in [0.15, 0.2) is 0 Å². The van der Waals surface area contributed by atoms with E-state index in [9.17, 15) is 9.59 Å². The van der Waals surface area contributed by atoms with Crippen LogP contribution in [0, 0.1) is 0 Å². The summed E-state index contributed by atoms with van der Waals surface area (Å²) in [6.07, 6.45) is 0.00588. The third-order valence-corrected chi connectivity index (χ3v) is 5.50. The van der Waals surface area contributed by atoms with Crippen LogP contribution in [0.2, 0.25) is 5.02 Å². The molecule has 0 spiro atoms. The van der Waals surface area contributed by atoms with Gasteiger partial charge in [0.1, 0.15) is 6.04 Å². The van der Waals surface area contributed by atoms with Crippen LogP contribution in [0.4, 0.5) is 5.69 Å². The minimum Gasteiger partial charge on any atom is -0.340 e. The quantitative estimate of drug-likeness (QED) is 0.770. The summed E-state index contributed by atoms with van der Waals surface area (Å²) < 4.78 is 0. The molecule has 0 unspecified atom stereocenters. The van der Waals surface area contributed by atoms with Crippen molar-refractivity contribution >= 4 is 35.1 Å². The maximum Gasteiger partial charge on any atom is 0.252 e. The maximum atomic E-state index is 12.3. The average molecular weight is 426 g/mol. The lowest BCUT2D eigenvalue weighted by Crippen LogP contribution is -2.51. The molecule has 2 aliphatic rings. The topological polar surface area (TPSA) is 77.0 Å². The summed E-state index contributed by atoms with van der Waals surface area (Å²) >= 11 is 5.85. The smallest absolute Gasteiger partial charge is 0.252 e. The number of carbonyl (C=O) groups is 2. The van der Waals surface area contributed by atoms with Crippen molar-refractivity contribution in [1.82, 2.24) is 15.1 Å². The molecule has 4 rings (SSSR count). The molecule has 7 nitrogen and oxygen atoms in total. The second kappa shape index (κ2) is 9.28. The minimum atomic E-state index is -0.699. The molecule has 0 aromatic heterocycles. The van der Waals surface area contributed by atoms with Crippen LogP contribution < -0.4 is 10.6 Å². The fourth-order valence-corrected chi connectivity index (χ4v) is 3.74. The summed E-state index contributed by atoms with van der Waals surface area (Å²) in [6.45, 7) is 4.28. The molecule has 8 heteroatoms. The number of nitrogens with one attached hydrogen (secondary N) is 2. The van der Waals surface area contributed by atoms with Crippen LogP contribution in [0.15, 0.2) is 59.6 Å². The van der Waals surface area contributed by atoms with E-state index in [4.69, 9.17) is 11.6 Å². The first-order chi connectivity index (χ1) is 14.6. The molecule has 0 bridgehead atoms. The van der Waals surface area contributed by atoms with Crippen LogP contribution in [0.1, 0.15) is 12.0 Å². The van der Waals surface area contributed by atoms with E-state index in [-0.39, 0.29) is 18.2 Å². The van der Waals surface area contributed by atoms with Gasteiger partial charge in [0.2, 0.25) is 11.9 Å². The van der Waals surface area contributed by atoms with Crippen LogP contribution in [-0.4, -0.2) is 59.8 Å². The number of amides is 2. The lowest BCUT2D eigenvalue weighted by Gasteiger charge is -2.35. The number of anilines is 1. The highest BCUT2D eigenvalue weighted by Gasteiger charge is 2.32. The number of benzene rings is 2. The van der Waals surface area contributed by atoms with Crippen molar-refractivity contribution < 1.29 is 9.59 Å². The van der Waals surface area contributed by atoms with Gasteiger partial charge in [-0.3, -0.25) is 19.8 Å². The molecule has 2 amide bonds. The van der Waals surface area contributed by atoms with Crippen LogP contribution in [-0.2, 0) is 16.1 Å². The Kier molecular flexibility index (Phi) is 6.30. The van der Waals surface area contributed by atoms with Gasteiger partial charge in [-0.05, 0) is 29.8 Å². The second-order valence-corrected chi connectivity index (χ2v) is 7.90. The van der Waals surface area contributed by atoms with Gasteiger partial charge in [0.25, 0.3) is 5.91 Å². The summed E-state index contributed by atoms with van der Waals surface area (Å²) in [6, 6.07) is 16.5. The molecular weight excluding hydrogens is 402 g/mol. The molecule has 0 saturated carbocycles. The molecule has 2 aromatic rings. The van der Waals surface area contributed by atoms with Crippen LogP contribution in [0.5, 0.6) is 0 Å². The summed E-state index contributed by atoms with van der Waals surface area (Å²) in [5.74, 6) is 0.0850. The van der Waals surface area contributed by atoms with E-state index in [1.807, 2.05) is 6.07 Å². The third kappa shape index (κ3) is 5.17. The van der Waals surface area contributed by atoms with E-state index in [1.165, 1.54) is 5.56 Å². The first-order valence-electron chi connectivity index (χ1n) is 10.0. The van der Waals surface area contributed by atoms with Crippen molar-refractivity contribution in [1.29, 1.82) is 0 Å². The standard InChI is InChI=1S/C22H24ClN5O2/c23-17-6-8-18(9-7-17)24-20(29)14-19-21(30)26-22(25-19)28-12-10-27(11-13-28)15-16-4-2-1-3-5-16/h1-9,19H,10-15H2,(H,24,29)(H,25,26,30)/t19-/m1/s1. The fourth-order valence-electron chi connectivity index (χ4n) is 3.61.